The Morgan fingerprint density at radius 3 is 2.92 bits per heavy atom. The minimum Gasteiger partial charge on any atom is -0.316 e. The van der Waals surface area contributed by atoms with E-state index in [1.54, 1.807) is 0 Å². The van der Waals surface area contributed by atoms with Crippen molar-refractivity contribution in [3.63, 3.8) is 0 Å². The highest BCUT2D eigenvalue weighted by molar-refractivity contribution is 7.98. The predicted octanol–water partition coefficient (Wildman–Crippen LogP) is 1.42. The summed E-state index contributed by atoms with van der Waals surface area (Å²) in [5.74, 6) is 1.32. The Balaban J connectivity index is 1.97. The van der Waals surface area contributed by atoms with E-state index in [0.29, 0.717) is 0 Å². The van der Waals surface area contributed by atoms with Crippen molar-refractivity contribution in [2.45, 2.75) is 25.3 Å². The lowest BCUT2D eigenvalue weighted by atomic mass is 10.3. The Morgan fingerprint density at radius 1 is 1.46 bits per heavy atom. The fourth-order valence-electron chi connectivity index (χ4n) is 1.85. The third kappa shape index (κ3) is 4.34. The van der Waals surface area contributed by atoms with Crippen LogP contribution < -0.4 is 5.32 Å². The van der Waals surface area contributed by atoms with Gasteiger partial charge in [-0.2, -0.15) is 11.8 Å². The van der Waals surface area contributed by atoms with Crippen molar-refractivity contribution < 1.29 is 0 Å². The van der Waals surface area contributed by atoms with E-state index in [1.807, 2.05) is 11.8 Å². The van der Waals surface area contributed by atoms with Crippen LogP contribution >= 0.6 is 11.8 Å². The molecule has 0 aromatic rings. The Kier molecular flexibility index (Phi) is 5.83. The Labute approximate surface area is 86.5 Å². The number of likely N-dealkylation sites (N-methyl/N-ethyl adjacent to an activating group) is 1. The summed E-state index contributed by atoms with van der Waals surface area (Å²) >= 11 is 1.96. The number of hydrogen-bond donors (Lipinski definition) is 1. The number of unbranched alkanes of at least 4 members (excludes halogenated alkanes) is 1. The molecule has 2 nitrogen and oxygen atoms in total. The van der Waals surface area contributed by atoms with E-state index in [4.69, 9.17) is 0 Å². The Bertz CT molecular complexity index is 130. The SMILES string of the molecule is CNC1CCN(CCCCSC)C1. The van der Waals surface area contributed by atoms with Gasteiger partial charge < -0.3 is 10.2 Å². The van der Waals surface area contributed by atoms with Gasteiger partial charge in [-0.3, -0.25) is 0 Å². The van der Waals surface area contributed by atoms with Crippen LogP contribution in [0, 0.1) is 0 Å². The summed E-state index contributed by atoms with van der Waals surface area (Å²) in [6, 6.07) is 0.751. The zero-order valence-corrected chi connectivity index (χ0v) is 9.70. The zero-order chi connectivity index (χ0) is 9.52. The molecule has 1 unspecified atom stereocenters. The van der Waals surface area contributed by atoms with E-state index in [2.05, 4.69) is 23.5 Å². The third-order valence-corrected chi connectivity index (χ3v) is 3.45. The molecule has 1 aliphatic rings. The van der Waals surface area contributed by atoms with Crippen molar-refractivity contribution in [2.24, 2.45) is 0 Å². The van der Waals surface area contributed by atoms with Crippen LogP contribution in [-0.4, -0.2) is 49.6 Å². The van der Waals surface area contributed by atoms with E-state index in [-0.39, 0.29) is 0 Å². The fraction of sp³-hybridized carbons (Fsp3) is 1.00. The molecule has 0 bridgehead atoms. The fourth-order valence-corrected chi connectivity index (χ4v) is 2.35. The Hall–Kier alpha value is 0.270. The molecule has 0 radical (unpaired) electrons. The average molecular weight is 202 g/mol. The second-order valence-corrected chi connectivity index (χ2v) is 4.76. The maximum absolute atomic E-state index is 3.35. The molecule has 0 aromatic carbocycles. The van der Waals surface area contributed by atoms with Crippen molar-refractivity contribution in [1.82, 2.24) is 10.2 Å². The molecule has 1 heterocycles. The lowest BCUT2D eigenvalue weighted by Crippen LogP contribution is -2.30. The van der Waals surface area contributed by atoms with Crippen molar-refractivity contribution >= 4 is 11.8 Å². The number of nitrogens with one attached hydrogen (secondary N) is 1. The first-order chi connectivity index (χ1) is 6.36. The quantitative estimate of drug-likeness (QED) is 0.656. The summed E-state index contributed by atoms with van der Waals surface area (Å²) in [5.41, 5.74) is 0. The molecule has 0 aromatic heterocycles. The number of hydrogen-bond acceptors (Lipinski definition) is 3. The van der Waals surface area contributed by atoms with Gasteiger partial charge in [-0.05, 0) is 51.4 Å². The molecule has 78 valence electrons. The molecule has 1 rings (SSSR count). The molecular weight excluding hydrogens is 180 g/mol. The van der Waals surface area contributed by atoms with Crippen LogP contribution in [0.25, 0.3) is 0 Å². The average Bonchev–Trinajstić information content (AvgIpc) is 2.60. The molecule has 1 saturated heterocycles. The molecule has 3 heteroatoms. The van der Waals surface area contributed by atoms with Crippen molar-refractivity contribution in [1.29, 1.82) is 0 Å². The molecule has 1 N–H and O–H groups in total. The molecule has 1 atom stereocenters. The normalized spacial score (nSPS) is 24.0. The lowest BCUT2D eigenvalue weighted by molar-refractivity contribution is 0.324. The predicted molar refractivity (Wildman–Crippen MR) is 61.5 cm³/mol. The summed E-state index contributed by atoms with van der Waals surface area (Å²) in [6.45, 7) is 3.86. The van der Waals surface area contributed by atoms with Crippen LogP contribution in [0.5, 0.6) is 0 Å². The van der Waals surface area contributed by atoms with Crippen LogP contribution in [-0.2, 0) is 0 Å². The van der Waals surface area contributed by atoms with E-state index in [0.717, 1.165) is 6.04 Å². The van der Waals surface area contributed by atoms with Crippen LogP contribution in [0.4, 0.5) is 0 Å². The van der Waals surface area contributed by atoms with Gasteiger partial charge in [0, 0.05) is 12.6 Å². The van der Waals surface area contributed by atoms with Crippen LogP contribution in [0.1, 0.15) is 19.3 Å². The van der Waals surface area contributed by atoms with E-state index in [9.17, 15) is 0 Å². The highest BCUT2D eigenvalue weighted by Gasteiger charge is 2.19. The van der Waals surface area contributed by atoms with Crippen LogP contribution in [0.3, 0.4) is 0 Å². The van der Waals surface area contributed by atoms with Gasteiger partial charge >= 0.3 is 0 Å². The summed E-state index contributed by atoms with van der Waals surface area (Å²) in [7, 11) is 2.07. The second-order valence-electron chi connectivity index (χ2n) is 3.77. The van der Waals surface area contributed by atoms with Gasteiger partial charge in [0.05, 0.1) is 0 Å². The smallest absolute Gasteiger partial charge is 0.0204 e. The summed E-state index contributed by atoms with van der Waals surface area (Å²) < 4.78 is 0. The van der Waals surface area contributed by atoms with Gasteiger partial charge in [0.15, 0.2) is 0 Å². The first kappa shape index (κ1) is 11.3. The molecule has 0 aliphatic carbocycles. The topological polar surface area (TPSA) is 15.3 Å². The first-order valence-electron chi connectivity index (χ1n) is 5.25. The molecule has 0 amide bonds. The first-order valence-corrected chi connectivity index (χ1v) is 6.64. The molecule has 1 aliphatic heterocycles. The minimum atomic E-state index is 0.751. The van der Waals surface area contributed by atoms with E-state index < -0.39 is 0 Å². The van der Waals surface area contributed by atoms with Crippen molar-refractivity contribution in [3.8, 4) is 0 Å². The number of nitrogens with zero attached hydrogens (tertiary/aromatic N) is 1. The van der Waals surface area contributed by atoms with Gasteiger partial charge in [-0.1, -0.05) is 0 Å². The van der Waals surface area contributed by atoms with Gasteiger partial charge in [0.25, 0.3) is 0 Å². The Morgan fingerprint density at radius 2 is 2.31 bits per heavy atom. The monoisotopic (exact) mass is 202 g/mol. The summed E-state index contributed by atoms with van der Waals surface area (Å²) in [5, 5.41) is 3.35. The largest absolute Gasteiger partial charge is 0.316 e. The summed E-state index contributed by atoms with van der Waals surface area (Å²) in [4.78, 5) is 2.58. The highest BCUT2D eigenvalue weighted by atomic mass is 32.2. The second kappa shape index (κ2) is 6.68. The van der Waals surface area contributed by atoms with Gasteiger partial charge in [-0.15, -0.1) is 0 Å². The molecule has 1 fully saturated rings. The van der Waals surface area contributed by atoms with Crippen molar-refractivity contribution in [3.05, 3.63) is 0 Å². The van der Waals surface area contributed by atoms with E-state index in [1.165, 1.54) is 44.6 Å². The van der Waals surface area contributed by atoms with Gasteiger partial charge in [0.1, 0.15) is 0 Å². The molecule has 0 spiro atoms. The minimum absolute atomic E-state index is 0.751. The maximum atomic E-state index is 3.35. The van der Waals surface area contributed by atoms with Crippen molar-refractivity contribution in [2.75, 3.05) is 38.7 Å². The molecule has 13 heavy (non-hydrogen) atoms. The van der Waals surface area contributed by atoms with Crippen LogP contribution in [0.15, 0.2) is 0 Å². The summed E-state index contributed by atoms with van der Waals surface area (Å²) in [6.07, 6.45) is 6.27. The number of thioether (sulfide) groups is 1. The number of likely N-dealkylation sites (tertiary alicyclic amines) is 1. The standard InChI is InChI=1S/C10H22N2S/c1-11-10-5-7-12(9-10)6-3-4-8-13-2/h10-11H,3-9H2,1-2H3. The molecular formula is C10H22N2S. The van der Waals surface area contributed by atoms with Gasteiger partial charge in [0.2, 0.25) is 0 Å². The van der Waals surface area contributed by atoms with E-state index >= 15 is 0 Å². The number of rotatable bonds is 6. The third-order valence-electron chi connectivity index (χ3n) is 2.75. The van der Waals surface area contributed by atoms with Crippen LogP contribution in [0.2, 0.25) is 0 Å². The maximum Gasteiger partial charge on any atom is 0.0204 e. The zero-order valence-electron chi connectivity index (χ0n) is 8.88. The molecule has 0 saturated carbocycles. The van der Waals surface area contributed by atoms with Gasteiger partial charge in [-0.25, -0.2) is 0 Å². The lowest BCUT2D eigenvalue weighted by Gasteiger charge is -2.15. The highest BCUT2D eigenvalue weighted by Crippen LogP contribution is 2.10.